The van der Waals surface area contributed by atoms with Crippen LogP contribution in [0.5, 0.6) is 0 Å². The minimum absolute atomic E-state index is 0.174. The molecule has 1 saturated heterocycles. The number of benzene rings is 2. The van der Waals surface area contributed by atoms with Crippen LogP contribution in [0.1, 0.15) is 18.1 Å². The molecule has 2 aromatic carbocycles. The van der Waals surface area contributed by atoms with Crippen LogP contribution in [0.4, 0.5) is 5.69 Å². The van der Waals surface area contributed by atoms with Crippen molar-refractivity contribution in [2.75, 3.05) is 31.1 Å². The molecule has 2 aromatic rings. The van der Waals surface area contributed by atoms with Crippen molar-refractivity contribution in [2.45, 2.75) is 20.0 Å². The Hall–Kier alpha value is -2.33. The maximum atomic E-state index is 11.5. The molecule has 1 amide bonds. The van der Waals surface area contributed by atoms with E-state index in [4.69, 9.17) is 0 Å². The van der Waals surface area contributed by atoms with E-state index in [2.05, 4.69) is 58.7 Å². The Kier molecular flexibility index (Phi) is 5.49. The van der Waals surface area contributed by atoms with Gasteiger partial charge in [0.2, 0.25) is 5.91 Å². The minimum Gasteiger partial charge on any atom is -0.368 e. The molecule has 0 aromatic heterocycles. The Morgan fingerprint density at radius 3 is 2.29 bits per heavy atom. The summed E-state index contributed by atoms with van der Waals surface area (Å²) in [5, 5.41) is 3.53. The van der Waals surface area contributed by atoms with E-state index in [0.29, 0.717) is 0 Å². The molecule has 1 heterocycles. The van der Waals surface area contributed by atoms with E-state index >= 15 is 0 Å². The predicted molar refractivity (Wildman–Crippen MR) is 97.9 cm³/mol. The van der Waals surface area contributed by atoms with E-state index in [0.717, 1.165) is 39.3 Å². The molecule has 1 aliphatic heterocycles. The van der Waals surface area contributed by atoms with E-state index in [1.165, 1.54) is 16.8 Å². The summed E-state index contributed by atoms with van der Waals surface area (Å²) in [6.07, 6.45) is 0. The van der Waals surface area contributed by atoms with Crippen LogP contribution >= 0.6 is 0 Å². The maximum Gasteiger partial charge on any atom is 0.219 e. The lowest BCUT2D eigenvalue weighted by Crippen LogP contribution is -2.48. The van der Waals surface area contributed by atoms with Crippen molar-refractivity contribution >= 4 is 11.6 Å². The molecule has 1 fully saturated rings. The van der Waals surface area contributed by atoms with Gasteiger partial charge in [-0.25, -0.2) is 0 Å². The molecule has 3 rings (SSSR count). The average Bonchev–Trinajstić information content (AvgIpc) is 2.63. The Labute approximate surface area is 144 Å². The highest BCUT2D eigenvalue weighted by Gasteiger charge is 2.20. The fourth-order valence-corrected chi connectivity index (χ4v) is 3.17. The van der Waals surface area contributed by atoms with Crippen molar-refractivity contribution in [1.29, 1.82) is 0 Å². The van der Waals surface area contributed by atoms with Gasteiger partial charge in [-0.3, -0.25) is 4.79 Å². The Morgan fingerprint density at radius 1 is 0.917 bits per heavy atom. The monoisotopic (exact) mass is 323 g/mol. The van der Waals surface area contributed by atoms with Gasteiger partial charge in [-0.05, 0) is 17.2 Å². The van der Waals surface area contributed by atoms with Crippen LogP contribution in [0.2, 0.25) is 0 Å². The zero-order valence-corrected chi connectivity index (χ0v) is 14.2. The van der Waals surface area contributed by atoms with Crippen LogP contribution in [-0.2, 0) is 17.9 Å². The number of nitrogens with one attached hydrogen (secondary N) is 1. The largest absolute Gasteiger partial charge is 0.368 e. The van der Waals surface area contributed by atoms with Gasteiger partial charge in [-0.2, -0.15) is 0 Å². The van der Waals surface area contributed by atoms with Crippen molar-refractivity contribution < 1.29 is 4.79 Å². The first-order valence-corrected chi connectivity index (χ1v) is 8.57. The summed E-state index contributed by atoms with van der Waals surface area (Å²) in [6.45, 7) is 6.77. The van der Waals surface area contributed by atoms with E-state index in [1.807, 2.05) is 11.0 Å². The molecule has 24 heavy (non-hydrogen) atoms. The third kappa shape index (κ3) is 4.15. The average molecular weight is 323 g/mol. The van der Waals surface area contributed by atoms with Crippen molar-refractivity contribution in [3.05, 3.63) is 65.7 Å². The summed E-state index contributed by atoms with van der Waals surface area (Å²) < 4.78 is 0. The molecule has 0 saturated carbocycles. The summed E-state index contributed by atoms with van der Waals surface area (Å²) in [6, 6.07) is 19.0. The topological polar surface area (TPSA) is 35.6 Å². The first-order chi connectivity index (χ1) is 11.7. The van der Waals surface area contributed by atoms with Crippen LogP contribution in [0, 0.1) is 0 Å². The van der Waals surface area contributed by atoms with Gasteiger partial charge in [-0.15, -0.1) is 0 Å². The second-order valence-corrected chi connectivity index (χ2v) is 6.21. The summed E-state index contributed by atoms with van der Waals surface area (Å²) in [5.41, 5.74) is 3.89. The standard InChI is InChI=1S/C20H25N3O/c1-17(24)22-11-13-23(14-12-22)20-10-6-5-9-19(20)16-21-15-18-7-3-2-4-8-18/h2-10,21H,11-16H2,1H3. The van der Waals surface area contributed by atoms with Gasteiger partial charge >= 0.3 is 0 Å². The first-order valence-electron chi connectivity index (χ1n) is 8.57. The predicted octanol–water partition coefficient (Wildman–Crippen LogP) is 2.64. The van der Waals surface area contributed by atoms with Gasteiger partial charge in [0, 0.05) is 51.9 Å². The van der Waals surface area contributed by atoms with Crippen molar-refractivity contribution in [2.24, 2.45) is 0 Å². The zero-order chi connectivity index (χ0) is 16.8. The Bertz CT molecular complexity index is 664. The third-order valence-electron chi connectivity index (χ3n) is 4.54. The van der Waals surface area contributed by atoms with Gasteiger partial charge in [0.05, 0.1) is 0 Å². The van der Waals surface area contributed by atoms with E-state index in [-0.39, 0.29) is 5.91 Å². The summed E-state index contributed by atoms with van der Waals surface area (Å²) >= 11 is 0. The third-order valence-corrected chi connectivity index (χ3v) is 4.54. The second kappa shape index (κ2) is 7.97. The molecular weight excluding hydrogens is 298 g/mol. The molecule has 4 nitrogen and oxygen atoms in total. The highest BCUT2D eigenvalue weighted by Crippen LogP contribution is 2.22. The minimum atomic E-state index is 0.174. The van der Waals surface area contributed by atoms with E-state index < -0.39 is 0 Å². The Morgan fingerprint density at radius 2 is 1.58 bits per heavy atom. The molecule has 1 N–H and O–H groups in total. The molecule has 4 heteroatoms. The molecule has 0 atom stereocenters. The van der Waals surface area contributed by atoms with E-state index in [9.17, 15) is 4.79 Å². The van der Waals surface area contributed by atoms with Crippen LogP contribution < -0.4 is 10.2 Å². The summed E-state index contributed by atoms with van der Waals surface area (Å²) in [4.78, 5) is 15.8. The van der Waals surface area contributed by atoms with Crippen molar-refractivity contribution in [3.8, 4) is 0 Å². The number of anilines is 1. The lowest BCUT2D eigenvalue weighted by molar-refractivity contribution is -0.129. The number of hydrogen-bond donors (Lipinski definition) is 1. The number of amides is 1. The molecule has 0 radical (unpaired) electrons. The molecular formula is C20H25N3O. The smallest absolute Gasteiger partial charge is 0.219 e. The molecule has 1 aliphatic rings. The Balaban J connectivity index is 1.60. The highest BCUT2D eigenvalue weighted by atomic mass is 16.2. The van der Waals surface area contributed by atoms with E-state index in [1.54, 1.807) is 6.92 Å². The zero-order valence-electron chi connectivity index (χ0n) is 14.2. The lowest BCUT2D eigenvalue weighted by Gasteiger charge is -2.36. The molecule has 0 spiro atoms. The normalized spacial score (nSPS) is 14.7. The number of hydrogen-bond acceptors (Lipinski definition) is 3. The van der Waals surface area contributed by atoms with Gasteiger partial charge in [0.25, 0.3) is 0 Å². The van der Waals surface area contributed by atoms with Gasteiger partial charge in [0.1, 0.15) is 0 Å². The first kappa shape index (κ1) is 16.5. The number of piperazine rings is 1. The number of para-hydroxylation sites is 1. The van der Waals surface area contributed by atoms with Crippen LogP contribution in [0.3, 0.4) is 0 Å². The second-order valence-electron chi connectivity index (χ2n) is 6.21. The fourth-order valence-electron chi connectivity index (χ4n) is 3.17. The number of rotatable bonds is 5. The van der Waals surface area contributed by atoms with Gasteiger partial charge < -0.3 is 15.1 Å². The maximum absolute atomic E-state index is 11.5. The fraction of sp³-hybridized carbons (Fsp3) is 0.350. The highest BCUT2D eigenvalue weighted by molar-refractivity contribution is 5.73. The van der Waals surface area contributed by atoms with Crippen LogP contribution in [0.15, 0.2) is 54.6 Å². The van der Waals surface area contributed by atoms with Gasteiger partial charge in [-0.1, -0.05) is 48.5 Å². The van der Waals surface area contributed by atoms with Crippen molar-refractivity contribution in [3.63, 3.8) is 0 Å². The van der Waals surface area contributed by atoms with Gasteiger partial charge in [0.15, 0.2) is 0 Å². The van der Waals surface area contributed by atoms with Crippen molar-refractivity contribution in [1.82, 2.24) is 10.2 Å². The number of carbonyl (C=O) groups excluding carboxylic acids is 1. The number of carbonyl (C=O) groups is 1. The molecule has 126 valence electrons. The summed E-state index contributed by atoms with van der Waals surface area (Å²) in [5.74, 6) is 0.174. The molecule has 0 unspecified atom stereocenters. The lowest BCUT2D eigenvalue weighted by atomic mass is 10.1. The summed E-state index contributed by atoms with van der Waals surface area (Å²) in [7, 11) is 0. The molecule has 0 aliphatic carbocycles. The quantitative estimate of drug-likeness (QED) is 0.919. The van der Waals surface area contributed by atoms with Crippen LogP contribution in [0.25, 0.3) is 0 Å². The SMILES string of the molecule is CC(=O)N1CCN(c2ccccc2CNCc2ccccc2)CC1. The molecule has 0 bridgehead atoms. The van der Waals surface area contributed by atoms with Crippen LogP contribution in [-0.4, -0.2) is 37.0 Å². The number of nitrogens with zero attached hydrogens (tertiary/aromatic N) is 2.